The Hall–Kier alpha value is -1.89. The fourth-order valence-corrected chi connectivity index (χ4v) is 2.55. The van der Waals surface area contributed by atoms with Crippen molar-refractivity contribution in [2.24, 2.45) is 0 Å². The van der Waals surface area contributed by atoms with Crippen LogP contribution >= 0.6 is 11.3 Å². The van der Waals surface area contributed by atoms with Crippen molar-refractivity contribution in [2.45, 2.75) is 32.7 Å². The highest BCUT2D eigenvalue weighted by atomic mass is 32.1. The zero-order valence-corrected chi connectivity index (χ0v) is 12.7. The van der Waals surface area contributed by atoms with Gasteiger partial charge in [0.2, 0.25) is 11.9 Å². The predicted molar refractivity (Wildman–Crippen MR) is 82.8 cm³/mol. The lowest BCUT2D eigenvalue weighted by molar-refractivity contribution is -0.122. The Morgan fingerprint density at radius 1 is 1.40 bits per heavy atom. The molecule has 2 rings (SSSR count). The van der Waals surface area contributed by atoms with Crippen molar-refractivity contribution >= 4 is 39.2 Å². The number of rotatable bonds is 4. The van der Waals surface area contributed by atoms with E-state index in [2.05, 4.69) is 20.6 Å². The molecule has 0 unspecified atom stereocenters. The van der Waals surface area contributed by atoms with Gasteiger partial charge in [-0.1, -0.05) is 0 Å². The Morgan fingerprint density at radius 2 is 2.15 bits per heavy atom. The van der Waals surface area contributed by atoms with Crippen LogP contribution < -0.4 is 16.4 Å². The SMILES string of the molecule is CC(C)(C)NC(=O)CCNc1nc(N)nc2sccc12. The van der Waals surface area contributed by atoms with Crippen LogP contribution in [0.1, 0.15) is 27.2 Å². The van der Waals surface area contributed by atoms with Gasteiger partial charge >= 0.3 is 0 Å². The number of carbonyl (C=O) groups is 1. The topological polar surface area (TPSA) is 92.9 Å². The van der Waals surface area contributed by atoms with Gasteiger partial charge in [0.15, 0.2) is 0 Å². The smallest absolute Gasteiger partial charge is 0.223 e. The summed E-state index contributed by atoms with van der Waals surface area (Å²) in [7, 11) is 0. The number of carbonyl (C=O) groups excluding carboxylic acids is 1. The molecule has 2 heterocycles. The van der Waals surface area contributed by atoms with Gasteiger partial charge < -0.3 is 16.4 Å². The first kappa shape index (κ1) is 14.5. The molecule has 7 heteroatoms. The molecule has 0 radical (unpaired) electrons. The Kier molecular flexibility index (Phi) is 4.08. The van der Waals surface area contributed by atoms with Crippen LogP contribution in [0.25, 0.3) is 10.2 Å². The predicted octanol–water partition coefficient (Wildman–Crippen LogP) is 1.99. The van der Waals surface area contributed by atoms with Crippen molar-refractivity contribution in [1.82, 2.24) is 15.3 Å². The second kappa shape index (κ2) is 5.62. The van der Waals surface area contributed by atoms with E-state index in [4.69, 9.17) is 5.73 Å². The normalized spacial score (nSPS) is 11.6. The molecule has 0 aliphatic heterocycles. The molecule has 0 spiro atoms. The Labute approximate surface area is 121 Å². The van der Waals surface area contributed by atoms with Crippen LogP contribution in [-0.4, -0.2) is 28.0 Å². The summed E-state index contributed by atoms with van der Waals surface area (Å²) >= 11 is 1.51. The minimum Gasteiger partial charge on any atom is -0.369 e. The summed E-state index contributed by atoms with van der Waals surface area (Å²) in [6.07, 6.45) is 0.382. The van der Waals surface area contributed by atoms with E-state index in [1.54, 1.807) is 0 Å². The van der Waals surface area contributed by atoms with Gasteiger partial charge in [0.25, 0.3) is 0 Å². The monoisotopic (exact) mass is 293 g/mol. The second-order valence-electron chi connectivity index (χ2n) is 5.54. The number of hydrogen-bond acceptors (Lipinski definition) is 6. The maximum atomic E-state index is 11.7. The summed E-state index contributed by atoms with van der Waals surface area (Å²) in [5.74, 6) is 0.924. The van der Waals surface area contributed by atoms with E-state index < -0.39 is 0 Å². The summed E-state index contributed by atoms with van der Waals surface area (Å²) in [5, 5.41) is 8.93. The molecule has 0 aliphatic rings. The van der Waals surface area contributed by atoms with E-state index >= 15 is 0 Å². The van der Waals surface area contributed by atoms with Crippen LogP contribution in [0.4, 0.5) is 11.8 Å². The van der Waals surface area contributed by atoms with Gasteiger partial charge in [0, 0.05) is 18.5 Å². The van der Waals surface area contributed by atoms with Crippen molar-refractivity contribution in [1.29, 1.82) is 0 Å². The zero-order valence-electron chi connectivity index (χ0n) is 11.9. The molecule has 20 heavy (non-hydrogen) atoms. The quantitative estimate of drug-likeness (QED) is 0.801. The number of nitrogens with two attached hydrogens (primary N) is 1. The van der Waals surface area contributed by atoms with Gasteiger partial charge in [0.1, 0.15) is 10.6 Å². The Morgan fingerprint density at radius 3 is 2.85 bits per heavy atom. The van der Waals surface area contributed by atoms with Crippen LogP contribution in [-0.2, 0) is 4.79 Å². The molecule has 0 fully saturated rings. The van der Waals surface area contributed by atoms with Gasteiger partial charge in [-0.15, -0.1) is 11.3 Å². The molecule has 2 aromatic rings. The number of nitrogens with one attached hydrogen (secondary N) is 2. The van der Waals surface area contributed by atoms with Crippen molar-refractivity contribution in [3.8, 4) is 0 Å². The average Bonchev–Trinajstić information content (AvgIpc) is 2.74. The lowest BCUT2D eigenvalue weighted by atomic mass is 10.1. The fourth-order valence-electron chi connectivity index (χ4n) is 1.78. The number of fused-ring (bicyclic) bond motifs is 1. The number of anilines is 2. The number of aromatic nitrogens is 2. The van der Waals surface area contributed by atoms with Crippen molar-refractivity contribution in [2.75, 3.05) is 17.6 Å². The molecule has 0 bridgehead atoms. The van der Waals surface area contributed by atoms with Gasteiger partial charge in [0.05, 0.1) is 5.39 Å². The summed E-state index contributed by atoms with van der Waals surface area (Å²) in [5.41, 5.74) is 5.45. The highest BCUT2D eigenvalue weighted by molar-refractivity contribution is 7.16. The molecule has 0 aromatic carbocycles. The number of hydrogen-bond donors (Lipinski definition) is 3. The van der Waals surface area contributed by atoms with Crippen molar-refractivity contribution in [3.05, 3.63) is 11.4 Å². The second-order valence-corrected chi connectivity index (χ2v) is 6.44. The van der Waals surface area contributed by atoms with Crippen molar-refractivity contribution in [3.63, 3.8) is 0 Å². The highest BCUT2D eigenvalue weighted by Gasteiger charge is 2.13. The Bertz CT molecular complexity index is 617. The van der Waals surface area contributed by atoms with Gasteiger partial charge in [-0.2, -0.15) is 4.98 Å². The zero-order chi connectivity index (χ0) is 14.8. The van der Waals surface area contributed by atoms with Crippen LogP contribution in [0.15, 0.2) is 11.4 Å². The summed E-state index contributed by atoms with van der Waals surface area (Å²) < 4.78 is 0. The van der Waals surface area contributed by atoms with Crippen LogP contribution in [0.3, 0.4) is 0 Å². The molecule has 0 saturated heterocycles. The van der Waals surface area contributed by atoms with E-state index in [1.165, 1.54) is 11.3 Å². The first-order valence-electron chi connectivity index (χ1n) is 6.41. The fraction of sp³-hybridized carbons (Fsp3) is 0.462. The molecule has 0 aliphatic carbocycles. The standard InChI is InChI=1S/C13H19N5OS/c1-13(2,3)18-9(19)4-6-15-10-8-5-7-20-11(8)17-12(14)16-10/h5,7H,4,6H2,1-3H3,(H,18,19)(H3,14,15,16,17). The van der Waals surface area contributed by atoms with E-state index in [9.17, 15) is 4.79 Å². The third kappa shape index (κ3) is 3.80. The van der Waals surface area contributed by atoms with Gasteiger partial charge in [-0.3, -0.25) is 4.79 Å². The van der Waals surface area contributed by atoms with Gasteiger partial charge in [-0.05, 0) is 32.2 Å². The van der Waals surface area contributed by atoms with Crippen LogP contribution in [0.2, 0.25) is 0 Å². The molecule has 1 amide bonds. The summed E-state index contributed by atoms with van der Waals surface area (Å²) in [4.78, 5) is 20.9. The lowest BCUT2D eigenvalue weighted by Crippen LogP contribution is -2.41. The highest BCUT2D eigenvalue weighted by Crippen LogP contribution is 2.25. The first-order chi connectivity index (χ1) is 9.35. The number of nitrogens with zero attached hydrogens (tertiary/aromatic N) is 2. The molecule has 0 saturated carbocycles. The number of amides is 1. The lowest BCUT2D eigenvalue weighted by Gasteiger charge is -2.20. The largest absolute Gasteiger partial charge is 0.369 e. The van der Waals surface area contributed by atoms with Crippen LogP contribution in [0, 0.1) is 0 Å². The minimum absolute atomic E-state index is 0.00795. The maximum Gasteiger partial charge on any atom is 0.223 e. The Balaban J connectivity index is 1.96. The van der Waals surface area contributed by atoms with E-state index in [0.717, 1.165) is 10.2 Å². The number of thiophene rings is 1. The molecule has 0 atom stereocenters. The summed E-state index contributed by atoms with van der Waals surface area (Å²) in [6, 6.07) is 1.94. The van der Waals surface area contributed by atoms with E-state index in [0.29, 0.717) is 18.8 Å². The van der Waals surface area contributed by atoms with Gasteiger partial charge in [-0.25, -0.2) is 4.98 Å². The van der Waals surface area contributed by atoms with E-state index in [-0.39, 0.29) is 17.4 Å². The third-order valence-electron chi connectivity index (χ3n) is 2.50. The van der Waals surface area contributed by atoms with Crippen molar-refractivity contribution < 1.29 is 4.79 Å². The first-order valence-corrected chi connectivity index (χ1v) is 7.29. The molecule has 2 aromatic heterocycles. The maximum absolute atomic E-state index is 11.7. The molecule has 4 N–H and O–H groups in total. The van der Waals surface area contributed by atoms with E-state index in [1.807, 2.05) is 32.2 Å². The minimum atomic E-state index is -0.211. The third-order valence-corrected chi connectivity index (χ3v) is 3.31. The molecular weight excluding hydrogens is 274 g/mol. The van der Waals surface area contributed by atoms with Crippen LogP contribution in [0.5, 0.6) is 0 Å². The molecule has 6 nitrogen and oxygen atoms in total. The number of nitrogen functional groups attached to an aromatic ring is 1. The molecular formula is C13H19N5OS. The average molecular weight is 293 g/mol. The molecule has 108 valence electrons. The summed E-state index contributed by atoms with van der Waals surface area (Å²) in [6.45, 7) is 6.37.